The second-order valence-corrected chi connectivity index (χ2v) is 12.2. The van der Waals surface area contributed by atoms with Crippen molar-refractivity contribution >= 4 is 21.8 Å². The van der Waals surface area contributed by atoms with E-state index >= 15 is 0 Å². The van der Waals surface area contributed by atoms with E-state index in [2.05, 4.69) is 77.4 Å². The van der Waals surface area contributed by atoms with E-state index in [1.807, 2.05) is 84.9 Å². The molecule has 0 fully saturated rings. The fourth-order valence-electron chi connectivity index (χ4n) is 6.72. The van der Waals surface area contributed by atoms with Gasteiger partial charge in [0.15, 0.2) is 17.5 Å². The van der Waals surface area contributed by atoms with Crippen molar-refractivity contribution in [2.45, 2.75) is 0 Å². The topological polar surface area (TPSA) is 43.6 Å². The van der Waals surface area contributed by atoms with Crippen LogP contribution in [0.15, 0.2) is 176 Å². The van der Waals surface area contributed by atoms with Gasteiger partial charge in [0, 0.05) is 27.5 Å². The molecule has 9 aromatic rings. The van der Waals surface area contributed by atoms with Gasteiger partial charge in [-0.15, -0.1) is 0 Å². The van der Waals surface area contributed by atoms with Gasteiger partial charge in [0.1, 0.15) is 5.82 Å². The number of nitrogens with zero attached hydrogens (tertiary/aromatic N) is 4. The van der Waals surface area contributed by atoms with Crippen LogP contribution >= 0.6 is 0 Å². The molecule has 50 heavy (non-hydrogen) atoms. The van der Waals surface area contributed by atoms with Gasteiger partial charge in [0.05, 0.1) is 16.7 Å². The first kappa shape index (κ1) is 29.4. The zero-order chi connectivity index (χ0) is 33.4. The lowest BCUT2D eigenvalue weighted by molar-refractivity contribution is 0.628. The minimum atomic E-state index is -0.282. The third kappa shape index (κ3) is 5.31. The summed E-state index contributed by atoms with van der Waals surface area (Å²) >= 11 is 0. The highest BCUT2D eigenvalue weighted by Gasteiger charge is 2.20. The van der Waals surface area contributed by atoms with Crippen LogP contribution in [0.25, 0.3) is 83.9 Å². The van der Waals surface area contributed by atoms with Gasteiger partial charge in [-0.25, -0.2) is 19.3 Å². The summed E-state index contributed by atoms with van der Waals surface area (Å²) in [4.78, 5) is 15.1. The molecular weight excluding hydrogens is 616 g/mol. The molecule has 7 aromatic carbocycles. The summed E-state index contributed by atoms with van der Waals surface area (Å²) in [5.74, 6) is 1.44. The molecule has 0 spiro atoms. The van der Waals surface area contributed by atoms with Crippen LogP contribution in [0.2, 0.25) is 0 Å². The van der Waals surface area contributed by atoms with Gasteiger partial charge >= 0.3 is 0 Å². The fraction of sp³-hybridized carbons (Fsp3) is 0. The van der Waals surface area contributed by atoms with E-state index in [0.29, 0.717) is 17.5 Å². The molecular formula is C45H29FN4. The predicted molar refractivity (Wildman–Crippen MR) is 201 cm³/mol. The molecule has 236 valence electrons. The maximum Gasteiger partial charge on any atom is 0.166 e. The molecule has 0 N–H and O–H groups in total. The molecule has 2 heterocycles. The molecule has 0 atom stereocenters. The Morgan fingerprint density at radius 3 is 1.56 bits per heavy atom. The number of benzene rings is 7. The summed E-state index contributed by atoms with van der Waals surface area (Å²) in [6.07, 6.45) is 0. The lowest BCUT2D eigenvalue weighted by Crippen LogP contribution is -2.04. The third-order valence-corrected chi connectivity index (χ3v) is 9.12. The van der Waals surface area contributed by atoms with Crippen molar-refractivity contribution in [3.8, 4) is 62.1 Å². The molecule has 4 nitrogen and oxygen atoms in total. The number of hydrogen-bond acceptors (Lipinski definition) is 3. The summed E-state index contributed by atoms with van der Waals surface area (Å²) < 4.78 is 16.8. The minimum absolute atomic E-state index is 0.282. The summed E-state index contributed by atoms with van der Waals surface area (Å²) in [6.45, 7) is 0. The van der Waals surface area contributed by atoms with Gasteiger partial charge in [0.2, 0.25) is 0 Å². The quantitative estimate of drug-likeness (QED) is 0.181. The first-order chi connectivity index (χ1) is 24.7. The molecule has 9 rings (SSSR count). The smallest absolute Gasteiger partial charge is 0.166 e. The average Bonchev–Trinajstić information content (AvgIpc) is 3.52. The number of fused-ring (bicyclic) bond motifs is 3. The van der Waals surface area contributed by atoms with Crippen molar-refractivity contribution in [2.75, 3.05) is 0 Å². The van der Waals surface area contributed by atoms with Crippen LogP contribution in [-0.4, -0.2) is 19.5 Å². The highest BCUT2D eigenvalue weighted by molar-refractivity contribution is 6.11. The Morgan fingerprint density at radius 2 is 0.880 bits per heavy atom. The van der Waals surface area contributed by atoms with Crippen LogP contribution in [0.1, 0.15) is 0 Å². The summed E-state index contributed by atoms with van der Waals surface area (Å²) in [6, 6.07) is 58.4. The minimum Gasteiger partial charge on any atom is -0.308 e. The Morgan fingerprint density at radius 1 is 0.360 bits per heavy atom. The van der Waals surface area contributed by atoms with Gasteiger partial charge in [-0.3, -0.25) is 0 Å². The van der Waals surface area contributed by atoms with Crippen molar-refractivity contribution in [3.05, 3.63) is 182 Å². The number of halogens is 1. The van der Waals surface area contributed by atoms with E-state index in [1.165, 1.54) is 6.07 Å². The molecule has 0 unspecified atom stereocenters. The number of para-hydroxylation sites is 1. The van der Waals surface area contributed by atoms with Crippen LogP contribution in [0.3, 0.4) is 0 Å². The monoisotopic (exact) mass is 644 g/mol. The summed E-state index contributed by atoms with van der Waals surface area (Å²) in [7, 11) is 0. The van der Waals surface area contributed by atoms with Crippen LogP contribution in [-0.2, 0) is 0 Å². The number of aromatic nitrogens is 4. The van der Waals surface area contributed by atoms with Crippen LogP contribution in [0.4, 0.5) is 4.39 Å². The Kier molecular flexibility index (Phi) is 7.29. The molecule has 0 radical (unpaired) electrons. The van der Waals surface area contributed by atoms with Crippen molar-refractivity contribution in [2.24, 2.45) is 0 Å². The first-order valence-electron chi connectivity index (χ1n) is 16.6. The second kappa shape index (κ2) is 12.4. The lowest BCUT2D eigenvalue weighted by atomic mass is 10.0. The molecule has 0 aliphatic carbocycles. The van der Waals surface area contributed by atoms with E-state index in [0.717, 1.165) is 66.4 Å². The zero-order valence-corrected chi connectivity index (χ0v) is 26.9. The number of hydrogen-bond donors (Lipinski definition) is 0. The first-order valence-corrected chi connectivity index (χ1v) is 16.6. The number of rotatable bonds is 6. The molecule has 2 aromatic heterocycles. The molecule has 5 heteroatoms. The predicted octanol–water partition coefficient (Wildman–Crippen LogP) is 11.4. The van der Waals surface area contributed by atoms with Crippen LogP contribution in [0, 0.1) is 5.82 Å². The Balaban J connectivity index is 1.34. The van der Waals surface area contributed by atoms with Gasteiger partial charge in [-0.2, -0.15) is 0 Å². The highest BCUT2D eigenvalue weighted by atomic mass is 19.1. The molecule has 0 aliphatic heterocycles. The molecule has 0 amide bonds. The van der Waals surface area contributed by atoms with E-state index in [-0.39, 0.29) is 5.82 Å². The van der Waals surface area contributed by atoms with Gasteiger partial charge < -0.3 is 4.57 Å². The van der Waals surface area contributed by atoms with Crippen molar-refractivity contribution in [3.63, 3.8) is 0 Å². The van der Waals surface area contributed by atoms with E-state index < -0.39 is 0 Å². The van der Waals surface area contributed by atoms with Crippen LogP contribution < -0.4 is 0 Å². The zero-order valence-electron chi connectivity index (χ0n) is 26.9. The third-order valence-electron chi connectivity index (χ3n) is 9.12. The van der Waals surface area contributed by atoms with Crippen molar-refractivity contribution in [1.29, 1.82) is 0 Å². The normalized spacial score (nSPS) is 11.3. The Bertz CT molecular complexity index is 2590. The van der Waals surface area contributed by atoms with E-state index in [1.54, 1.807) is 12.1 Å². The van der Waals surface area contributed by atoms with Crippen molar-refractivity contribution < 1.29 is 4.39 Å². The van der Waals surface area contributed by atoms with Gasteiger partial charge in [0.25, 0.3) is 0 Å². The molecule has 0 saturated heterocycles. The van der Waals surface area contributed by atoms with Gasteiger partial charge in [-0.05, 0) is 64.7 Å². The highest BCUT2D eigenvalue weighted by Crippen LogP contribution is 2.39. The fourth-order valence-corrected chi connectivity index (χ4v) is 6.72. The second-order valence-electron chi connectivity index (χ2n) is 12.2. The molecule has 0 aliphatic rings. The Hall–Kier alpha value is -6.72. The van der Waals surface area contributed by atoms with E-state index in [4.69, 9.17) is 15.0 Å². The van der Waals surface area contributed by atoms with Crippen molar-refractivity contribution in [1.82, 2.24) is 19.5 Å². The SMILES string of the molecule is Fc1cccc(-c2ccc(-c3nc(-c4ccccc4)nc(-c4ccccc4)n3)c(-n3c4ccccc4c4cc(-c5ccccc5)ccc43)c2)c1. The average molecular weight is 645 g/mol. The molecule has 0 bridgehead atoms. The van der Waals surface area contributed by atoms with E-state index in [9.17, 15) is 4.39 Å². The lowest BCUT2D eigenvalue weighted by Gasteiger charge is -2.16. The maximum absolute atomic E-state index is 14.5. The standard InChI is InChI=1S/C45H29FN4/c46-36-20-12-19-33(27-36)35-23-25-38(45-48-43(31-15-6-2-7-16-31)47-44(49-45)32-17-8-3-9-18-32)42(29-35)50-40-22-11-10-21-37(40)39-28-34(24-26-41(39)50)30-13-4-1-5-14-30/h1-29H. The largest absolute Gasteiger partial charge is 0.308 e. The Labute approximate surface area is 288 Å². The summed E-state index contributed by atoms with van der Waals surface area (Å²) in [5, 5.41) is 2.27. The summed E-state index contributed by atoms with van der Waals surface area (Å²) in [5.41, 5.74) is 9.58. The van der Waals surface area contributed by atoms with Crippen LogP contribution in [0.5, 0.6) is 0 Å². The molecule has 0 saturated carbocycles. The van der Waals surface area contributed by atoms with Gasteiger partial charge in [-0.1, -0.05) is 133 Å². The maximum atomic E-state index is 14.5.